The number of nitrogens with one attached hydrogen (secondary N) is 1. The van der Waals surface area contributed by atoms with Crippen LogP contribution in [0, 0.1) is 5.92 Å². The van der Waals surface area contributed by atoms with Crippen LogP contribution in [-0.4, -0.2) is 34.2 Å². The number of alkyl halides is 3. The molecule has 2 N–H and O–H groups in total. The van der Waals surface area contributed by atoms with Gasteiger partial charge in [-0.05, 0) is 18.1 Å². The Morgan fingerprint density at radius 1 is 1.43 bits per heavy atom. The van der Waals surface area contributed by atoms with Crippen molar-refractivity contribution in [1.29, 1.82) is 0 Å². The number of aromatic carboxylic acids is 1. The Labute approximate surface area is 119 Å². The maximum absolute atomic E-state index is 12.9. The molecule has 2 atom stereocenters. The molecular formula is C13H15F3N2O3. The summed E-state index contributed by atoms with van der Waals surface area (Å²) in [5, 5.41) is 10.7. The highest BCUT2D eigenvalue weighted by atomic mass is 19.4. The molecule has 0 aliphatic heterocycles. The lowest BCUT2D eigenvalue weighted by molar-refractivity contribution is -0.164. The summed E-state index contributed by atoms with van der Waals surface area (Å²) in [6, 6.07) is 0.101. The molecule has 0 bridgehead atoms. The minimum absolute atomic E-state index is 0.181. The Balaban J connectivity index is 2.97. The molecule has 1 aromatic heterocycles. The second kappa shape index (κ2) is 6.55. The van der Waals surface area contributed by atoms with E-state index in [2.05, 4.69) is 4.98 Å². The Morgan fingerprint density at radius 3 is 2.52 bits per heavy atom. The lowest BCUT2D eigenvalue weighted by Crippen LogP contribution is -2.49. The van der Waals surface area contributed by atoms with Gasteiger partial charge in [0.2, 0.25) is 0 Å². The number of aromatic nitrogens is 1. The molecule has 0 fully saturated rings. The Hall–Kier alpha value is -2.12. The first-order valence-electron chi connectivity index (χ1n) is 6.23. The molecule has 0 radical (unpaired) electrons. The van der Waals surface area contributed by atoms with Crippen LogP contribution in [-0.2, 0) is 0 Å². The molecule has 0 aliphatic carbocycles. The molecule has 8 heteroatoms. The van der Waals surface area contributed by atoms with Crippen molar-refractivity contribution in [2.24, 2.45) is 5.92 Å². The lowest BCUT2D eigenvalue weighted by atomic mass is 9.98. The van der Waals surface area contributed by atoms with Crippen LogP contribution in [0.5, 0.6) is 0 Å². The van der Waals surface area contributed by atoms with Crippen molar-refractivity contribution in [3.05, 3.63) is 29.6 Å². The van der Waals surface area contributed by atoms with Crippen LogP contribution in [0.2, 0.25) is 0 Å². The van der Waals surface area contributed by atoms with E-state index in [1.807, 2.05) is 5.32 Å². The first-order valence-corrected chi connectivity index (χ1v) is 6.23. The van der Waals surface area contributed by atoms with Crippen molar-refractivity contribution in [2.45, 2.75) is 32.5 Å². The zero-order chi connectivity index (χ0) is 16.2. The molecule has 0 saturated heterocycles. The standard InChI is InChI=1S/C13H15F3N2O3/c1-3-7(2)10(13(14,15)16)18-11(19)8-4-5-17-9(6-8)12(20)21/h4-7,10H,3H2,1-2H3,(H,18,19)(H,20,21). The summed E-state index contributed by atoms with van der Waals surface area (Å²) in [6.07, 6.45) is -3.28. The van der Waals surface area contributed by atoms with Crippen molar-refractivity contribution in [3.8, 4) is 0 Å². The summed E-state index contributed by atoms with van der Waals surface area (Å²) >= 11 is 0. The minimum atomic E-state index is -4.58. The largest absolute Gasteiger partial charge is 0.477 e. The Morgan fingerprint density at radius 2 is 2.05 bits per heavy atom. The van der Waals surface area contributed by atoms with Crippen LogP contribution in [0.25, 0.3) is 0 Å². The quantitative estimate of drug-likeness (QED) is 0.876. The zero-order valence-electron chi connectivity index (χ0n) is 11.4. The smallest absolute Gasteiger partial charge is 0.408 e. The van der Waals surface area contributed by atoms with Crippen molar-refractivity contribution < 1.29 is 27.9 Å². The molecule has 0 aromatic carbocycles. The van der Waals surface area contributed by atoms with E-state index < -0.39 is 35.7 Å². The third kappa shape index (κ3) is 4.44. The predicted octanol–water partition coefficient (Wildman–Crippen LogP) is 2.49. The molecule has 116 valence electrons. The first kappa shape index (κ1) is 16.9. The van der Waals surface area contributed by atoms with Crippen LogP contribution < -0.4 is 5.32 Å². The Bertz CT molecular complexity index is 532. The molecule has 2 unspecified atom stereocenters. The van der Waals surface area contributed by atoms with Crippen LogP contribution in [0.1, 0.15) is 41.1 Å². The van der Waals surface area contributed by atoms with E-state index >= 15 is 0 Å². The molecule has 0 aliphatic rings. The van der Waals surface area contributed by atoms with Gasteiger partial charge < -0.3 is 10.4 Å². The fraction of sp³-hybridized carbons (Fsp3) is 0.462. The van der Waals surface area contributed by atoms with E-state index in [1.54, 1.807) is 6.92 Å². The number of carbonyl (C=O) groups excluding carboxylic acids is 1. The van der Waals surface area contributed by atoms with Crippen LogP contribution in [0.3, 0.4) is 0 Å². The molecule has 21 heavy (non-hydrogen) atoms. The number of halogens is 3. The number of amides is 1. The van der Waals surface area contributed by atoms with Gasteiger partial charge in [0.15, 0.2) is 0 Å². The second-order valence-electron chi connectivity index (χ2n) is 4.61. The lowest BCUT2D eigenvalue weighted by Gasteiger charge is -2.26. The highest BCUT2D eigenvalue weighted by Gasteiger charge is 2.43. The molecule has 1 amide bonds. The highest BCUT2D eigenvalue weighted by Crippen LogP contribution is 2.27. The van der Waals surface area contributed by atoms with Crippen LogP contribution in [0.4, 0.5) is 13.2 Å². The topological polar surface area (TPSA) is 79.3 Å². The molecule has 5 nitrogen and oxygen atoms in total. The van der Waals surface area contributed by atoms with E-state index in [1.165, 1.54) is 6.92 Å². The molecule has 1 heterocycles. The van der Waals surface area contributed by atoms with Gasteiger partial charge in [-0.15, -0.1) is 0 Å². The van der Waals surface area contributed by atoms with Crippen LogP contribution >= 0.6 is 0 Å². The van der Waals surface area contributed by atoms with Gasteiger partial charge in [-0.3, -0.25) is 4.79 Å². The number of hydrogen-bond acceptors (Lipinski definition) is 3. The van der Waals surface area contributed by atoms with E-state index in [9.17, 15) is 22.8 Å². The summed E-state index contributed by atoms with van der Waals surface area (Å²) in [6.45, 7) is 2.97. The van der Waals surface area contributed by atoms with Gasteiger partial charge in [0.25, 0.3) is 5.91 Å². The number of nitrogens with zero attached hydrogens (tertiary/aromatic N) is 1. The van der Waals surface area contributed by atoms with Crippen molar-refractivity contribution in [2.75, 3.05) is 0 Å². The number of pyridine rings is 1. The average Bonchev–Trinajstić information content (AvgIpc) is 2.42. The third-order valence-electron chi connectivity index (χ3n) is 3.09. The van der Waals surface area contributed by atoms with Crippen LogP contribution in [0.15, 0.2) is 18.3 Å². The fourth-order valence-corrected chi connectivity index (χ4v) is 1.70. The third-order valence-corrected chi connectivity index (χ3v) is 3.09. The molecule has 1 aromatic rings. The fourth-order valence-electron chi connectivity index (χ4n) is 1.70. The minimum Gasteiger partial charge on any atom is -0.477 e. The van der Waals surface area contributed by atoms with Gasteiger partial charge in [0.1, 0.15) is 11.7 Å². The summed E-state index contributed by atoms with van der Waals surface area (Å²) < 4.78 is 38.8. The average molecular weight is 304 g/mol. The molecule has 1 rings (SSSR count). The van der Waals surface area contributed by atoms with Gasteiger partial charge in [0, 0.05) is 11.8 Å². The number of hydrogen-bond donors (Lipinski definition) is 2. The van der Waals surface area contributed by atoms with E-state index in [0.29, 0.717) is 0 Å². The number of carbonyl (C=O) groups is 2. The maximum Gasteiger partial charge on any atom is 0.408 e. The Kier molecular flexibility index (Phi) is 5.28. The van der Waals surface area contributed by atoms with E-state index in [4.69, 9.17) is 5.11 Å². The van der Waals surface area contributed by atoms with Crippen molar-refractivity contribution in [3.63, 3.8) is 0 Å². The zero-order valence-corrected chi connectivity index (χ0v) is 11.4. The second-order valence-corrected chi connectivity index (χ2v) is 4.61. The summed E-state index contributed by atoms with van der Waals surface area (Å²) in [7, 11) is 0. The van der Waals surface area contributed by atoms with Crippen molar-refractivity contribution >= 4 is 11.9 Å². The molecular weight excluding hydrogens is 289 g/mol. The number of carboxylic acid groups (broad SMARTS) is 1. The highest BCUT2D eigenvalue weighted by molar-refractivity contribution is 5.96. The normalized spacial score (nSPS) is 14.3. The summed E-state index contributed by atoms with van der Waals surface area (Å²) in [4.78, 5) is 26.1. The number of rotatable bonds is 5. The SMILES string of the molecule is CCC(C)C(NC(=O)c1ccnc(C(=O)O)c1)C(F)(F)F. The van der Waals surface area contributed by atoms with Gasteiger partial charge >= 0.3 is 12.1 Å². The molecule has 0 spiro atoms. The monoisotopic (exact) mass is 304 g/mol. The predicted molar refractivity (Wildman–Crippen MR) is 68.0 cm³/mol. The van der Waals surface area contributed by atoms with Gasteiger partial charge in [0.05, 0.1) is 0 Å². The van der Waals surface area contributed by atoms with Crippen molar-refractivity contribution in [1.82, 2.24) is 10.3 Å². The van der Waals surface area contributed by atoms with E-state index in [0.717, 1.165) is 18.3 Å². The molecule has 0 saturated carbocycles. The van der Waals surface area contributed by atoms with Gasteiger partial charge in [-0.25, -0.2) is 9.78 Å². The van der Waals surface area contributed by atoms with Gasteiger partial charge in [-0.1, -0.05) is 20.3 Å². The first-order chi connectivity index (χ1) is 9.66. The number of carboxylic acids is 1. The van der Waals surface area contributed by atoms with Gasteiger partial charge in [-0.2, -0.15) is 13.2 Å². The van der Waals surface area contributed by atoms with E-state index in [-0.39, 0.29) is 12.0 Å². The summed E-state index contributed by atoms with van der Waals surface area (Å²) in [5.41, 5.74) is -0.588. The summed E-state index contributed by atoms with van der Waals surface area (Å²) in [5.74, 6) is -3.14. The maximum atomic E-state index is 12.9.